The van der Waals surface area contributed by atoms with Crippen molar-refractivity contribution in [3.05, 3.63) is 70.8 Å². The fraction of sp³-hybridized carbons (Fsp3) is 0.600. The molecule has 0 radical (unpaired) electrons. The van der Waals surface area contributed by atoms with E-state index in [0.29, 0.717) is 0 Å². The molecule has 2 aromatic carbocycles. The Kier molecular flexibility index (Phi) is 11.8. The second-order valence-corrected chi connectivity index (χ2v) is 11.2. The van der Waals surface area contributed by atoms with Gasteiger partial charge in [-0.25, -0.2) is 0 Å². The third kappa shape index (κ3) is 10.7. The van der Waals surface area contributed by atoms with Crippen molar-refractivity contribution < 1.29 is 0 Å². The Morgan fingerprint density at radius 1 is 0.306 bits per heavy atom. The maximum Gasteiger partial charge on any atom is 0.0231 e. The summed E-state index contributed by atoms with van der Waals surface area (Å²) in [6.07, 6.45) is 0. The van der Waals surface area contributed by atoms with Crippen LogP contribution in [0.15, 0.2) is 48.5 Å². The van der Waals surface area contributed by atoms with Crippen molar-refractivity contribution in [3.8, 4) is 0 Å². The smallest absolute Gasteiger partial charge is 0.0231 e. The number of likely N-dealkylation sites (N-methyl/N-ethyl adjacent to an activating group) is 6. The predicted octanol–water partition coefficient (Wildman–Crippen LogP) is 2.99. The summed E-state index contributed by atoms with van der Waals surface area (Å²) in [6, 6.07) is 18.4. The van der Waals surface area contributed by atoms with Gasteiger partial charge in [0.05, 0.1) is 0 Å². The highest BCUT2D eigenvalue weighted by Crippen LogP contribution is 2.11. The van der Waals surface area contributed by atoms with E-state index in [-0.39, 0.29) is 0 Å². The highest BCUT2D eigenvalue weighted by atomic mass is 15.2. The predicted molar refractivity (Wildman–Crippen MR) is 153 cm³/mol. The summed E-state index contributed by atoms with van der Waals surface area (Å²) >= 11 is 0. The maximum atomic E-state index is 2.45. The fourth-order valence-corrected chi connectivity index (χ4v) is 4.65. The SMILES string of the molecule is CN1CCN(C)Cc2ccc(cc2)CN(C)CCN(C)CCN(C)Cc2ccc(cc2)CN(C)CC1. The third-order valence-corrected chi connectivity index (χ3v) is 7.31. The van der Waals surface area contributed by atoms with Gasteiger partial charge in [0.1, 0.15) is 0 Å². The average Bonchev–Trinajstić information content (AvgIpc) is 2.85. The van der Waals surface area contributed by atoms with Gasteiger partial charge in [-0.2, -0.15) is 0 Å². The number of hydrogen-bond acceptors (Lipinski definition) is 6. The first-order valence-electron chi connectivity index (χ1n) is 13.5. The Bertz CT molecular complexity index is 725. The van der Waals surface area contributed by atoms with Crippen LogP contribution < -0.4 is 0 Å². The molecular formula is C30H50N6. The molecule has 200 valence electrons. The van der Waals surface area contributed by atoms with Crippen molar-refractivity contribution >= 4 is 0 Å². The van der Waals surface area contributed by atoms with Crippen LogP contribution in [0.1, 0.15) is 22.3 Å². The quantitative estimate of drug-likeness (QED) is 0.557. The van der Waals surface area contributed by atoms with E-state index >= 15 is 0 Å². The minimum absolute atomic E-state index is 0.999. The van der Waals surface area contributed by atoms with Crippen LogP contribution >= 0.6 is 0 Å². The minimum atomic E-state index is 0.999. The molecule has 4 aliphatic heterocycles. The van der Waals surface area contributed by atoms with E-state index in [1.165, 1.54) is 22.3 Å². The monoisotopic (exact) mass is 494 g/mol. The topological polar surface area (TPSA) is 19.4 Å². The van der Waals surface area contributed by atoms with Gasteiger partial charge in [0.25, 0.3) is 0 Å². The first kappa shape index (κ1) is 28.8. The molecule has 0 aliphatic carbocycles. The first-order valence-corrected chi connectivity index (χ1v) is 13.5. The second kappa shape index (κ2) is 14.8. The summed E-state index contributed by atoms with van der Waals surface area (Å²) in [5.41, 5.74) is 5.57. The van der Waals surface area contributed by atoms with Crippen molar-refractivity contribution in [1.29, 1.82) is 0 Å². The lowest BCUT2D eigenvalue weighted by Crippen LogP contribution is -2.35. The van der Waals surface area contributed by atoms with Crippen LogP contribution in [0, 0.1) is 0 Å². The Morgan fingerprint density at radius 3 is 0.667 bits per heavy atom. The Balaban J connectivity index is 1.60. The zero-order chi connectivity index (χ0) is 25.9. The minimum Gasteiger partial charge on any atom is -0.304 e. The molecule has 6 heteroatoms. The molecule has 0 unspecified atom stereocenters. The molecule has 4 heterocycles. The van der Waals surface area contributed by atoms with Gasteiger partial charge in [-0.05, 0) is 64.5 Å². The summed E-state index contributed by atoms with van der Waals surface area (Å²) < 4.78 is 0. The molecule has 4 aliphatic rings. The van der Waals surface area contributed by atoms with Crippen molar-refractivity contribution in [1.82, 2.24) is 29.4 Å². The standard InChI is InChI=1S/C30H50N6/c1-31-15-19-33(3)23-27-7-11-29(12-8-27)25-35(5)21-17-32(2)18-22-36(6)26-30-13-9-28(10-14-30)24-34(4)20-16-31/h7-14H,15-26H2,1-6H3. The molecular weight excluding hydrogens is 444 g/mol. The molecule has 2 aromatic rings. The van der Waals surface area contributed by atoms with Gasteiger partial charge in [0, 0.05) is 78.5 Å². The maximum absolute atomic E-state index is 2.45. The van der Waals surface area contributed by atoms with Gasteiger partial charge >= 0.3 is 0 Å². The van der Waals surface area contributed by atoms with Crippen LogP contribution in [0.5, 0.6) is 0 Å². The van der Waals surface area contributed by atoms with Crippen LogP contribution in [0.4, 0.5) is 0 Å². The molecule has 36 heavy (non-hydrogen) atoms. The third-order valence-electron chi connectivity index (χ3n) is 7.31. The largest absolute Gasteiger partial charge is 0.304 e. The molecule has 0 N–H and O–H groups in total. The Hall–Kier alpha value is -1.80. The van der Waals surface area contributed by atoms with Crippen LogP contribution in [0.25, 0.3) is 0 Å². The zero-order valence-corrected chi connectivity index (χ0v) is 23.8. The van der Waals surface area contributed by atoms with Crippen molar-refractivity contribution in [2.75, 3.05) is 94.6 Å². The number of rotatable bonds is 0. The van der Waals surface area contributed by atoms with Gasteiger partial charge in [-0.15, -0.1) is 0 Å². The van der Waals surface area contributed by atoms with E-state index < -0.39 is 0 Å². The van der Waals surface area contributed by atoms with Crippen molar-refractivity contribution in [3.63, 3.8) is 0 Å². The summed E-state index contributed by atoms with van der Waals surface area (Å²) in [6.45, 7) is 12.7. The number of benzene rings is 2. The molecule has 6 nitrogen and oxygen atoms in total. The van der Waals surface area contributed by atoms with Crippen LogP contribution in [0.3, 0.4) is 0 Å². The molecule has 0 saturated carbocycles. The van der Waals surface area contributed by atoms with Crippen molar-refractivity contribution in [2.24, 2.45) is 0 Å². The van der Waals surface area contributed by atoms with Gasteiger partial charge in [-0.1, -0.05) is 48.5 Å². The van der Waals surface area contributed by atoms with Gasteiger partial charge in [0.2, 0.25) is 0 Å². The molecule has 0 atom stereocenters. The van der Waals surface area contributed by atoms with Gasteiger partial charge < -0.3 is 29.4 Å². The highest BCUT2D eigenvalue weighted by Gasteiger charge is 2.09. The fourth-order valence-electron chi connectivity index (χ4n) is 4.65. The van der Waals surface area contributed by atoms with E-state index in [0.717, 1.165) is 78.5 Å². The summed E-state index contributed by atoms with van der Waals surface area (Å²) in [4.78, 5) is 14.6. The lowest BCUT2D eigenvalue weighted by Gasteiger charge is -2.25. The van der Waals surface area contributed by atoms with Gasteiger partial charge in [-0.3, -0.25) is 0 Å². The average molecular weight is 495 g/mol. The molecule has 0 fully saturated rings. The summed E-state index contributed by atoms with van der Waals surface area (Å²) in [5.74, 6) is 0. The Labute approximate surface area is 221 Å². The molecule has 0 saturated heterocycles. The number of hydrogen-bond donors (Lipinski definition) is 0. The molecule has 0 aromatic heterocycles. The number of nitrogens with zero attached hydrogens (tertiary/aromatic N) is 6. The molecule has 6 rings (SSSR count). The molecule has 0 amide bonds. The lowest BCUT2D eigenvalue weighted by molar-refractivity contribution is 0.219. The first-order chi connectivity index (χ1) is 17.3. The highest BCUT2D eigenvalue weighted by molar-refractivity contribution is 5.23. The van der Waals surface area contributed by atoms with E-state index in [9.17, 15) is 0 Å². The summed E-state index contributed by atoms with van der Waals surface area (Å²) in [7, 11) is 13.4. The lowest BCUT2D eigenvalue weighted by atomic mass is 10.1. The Morgan fingerprint density at radius 2 is 0.472 bits per heavy atom. The second-order valence-electron chi connectivity index (χ2n) is 11.2. The van der Waals surface area contributed by atoms with E-state index in [4.69, 9.17) is 0 Å². The van der Waals surface area contributed by atoms with Gasteiger partial charge in [0.15, 0.2) is 0 Å². The summed E-state index contributed by atoms with van der Waals surface area (Å²) in [5, 5.41) is 0. The van der Waals surface area contributed by atoms with E-state index in [1.807, 2.05) is 0 Å². The van der Waals surface area contributed by atoms with Crippen LogP contribution in [-0.4, -0.2) is 124 Å². The molecule has 0 spiro atoms. The van der Waals surface area contributed by atoms with Crippen molar-refractivity contribution in [2.45, 2.75) is 26.2 Å². The molecule has 4 bridgehead atoms. The normalized spacial score (nSPS) is 21.3. The van der Waals surface area contributed by atoms with E-state index in [1.54, 1.807) is 0 Å². The zero-order valence-electron chi connectivity index (χ0n) is 23.8. The van der Waals surface area contributed by atoms with E-state index in [2.05, 4.69) is 120 Å². The van der Waals surface area contributed by atoms with Crippen LogP contribution in [0.2, 0.25) is 0 Å². The van der Waals surface area contributed by atoms with Crippen LogP contribution in [-0.2, 0) is 26.2 Å².